The molecule has 2 saturated heterocycles. The van der Waals surface area contributed by atoms with Crippen molar-refractivity contribution in [2.45, 2.75) is 114 Å². The van der Waals surface area contributed by atoms with Crippen molar-refractivity contribution in [2.75, 3.05) is 37.8 Å². The van der Waals surface area contributed by atoms with Crippen LogP contribution in [0, 0.1) is 5.41 Å². The Balaban J connectivity index is 1.16. The number of nitrogens with two attached hydrogens (primary N) is 1. The van der Waals surface area contributed by atoms with Crippen LogP contribution < -0.4 is 16.4 Å². The second-order valence-electron chi connectivity index (χ2n) is 15.5. The van der Waals surface area contributed by atoms with Gasteiger partial charge in [0.2, 0.25) is 11.8 Å². The molecule has 0 bridgehead atoms. The summed E-state index contributed by atoms with van der Waals surface area (Å²) in [5.41, 5.74) is 4.18. The molecule has 2 aromatic heterocycles. The molecule has 2 aliphatic heterocycles. The molecule has 2 fully saturated rings. The molecular formula is C32H54N7O22P3S. The Hall–Kier alpha value is -2.64. The molecule has 2 amide bonds. The van der Waals surface area contributed by atoms with Crippen LogP contribution in [0.1, 0.15) is 53.2 Å². The number of nitrogens with one attached hydrogen (secondary N) is 2. The molecule has 13 atom stereocenters. The maximum absolute atomic E-state index is 12.7. The smallest absolute Gasteiger partial charge is 0.390 e. The third-order valence-corrected chi connectivity index (χ3v) is 13.7. The summed E-state index contributed by atoms with van der Waals surface area (Å²) in [6, 6.07) is 0. The predicted molar refractivity (Wildman–Crippen MR) is 219 cm³/mol. The number of hydrogen-bond donors (Lipinski definition) is 12. The molecule has 33 heteroatoms. The lowest BCUT2D eigenvalue weighted by Crippen LogP contribution is -2.49. The number of phosphoric ester groups is 3. The van der Waals surface area contributed by atoms with E-state index < -0.39 is 126 Å². The summed E-state index contributed by atoms with van der Waals surface area (Å²) in [6.45, 7) is 3.21. The van der Waals surface area contributed by atoms with Gasteiger partial charge in [0.05, 0.1) is 44.0 Å². The molecule has 2 aliphatic rings. The lowest BCUT2D eigenvalue weighted by atomic mass is 9.87. The van der Waals surface area contributed by atoms with Gasteiger partial charge in [-0.3, -0.25) is 32.5 Å². The summed E-state index contributed by atoms with van der Waals surface area (Å²) in [6.07, 6.45) is -13.3. The third-order valence-electron chi connectivity index (χ3n) is 9.72. The largest absolute Gasteiger partial charge is 0.481 e. The van der Waals surface area contributed by atoms with Crippen LogP contribution in [0.4, 0.5) is 5.82 Å². The van der Waals surface area contributed by atoms with Crippen LogP contribution in [0.25, 0.3) is 11.2 Å². The molecule has 65 heavy (non-hydrogen) atoms. The molecule has 0 saturated carbocycles. The zero-order valence-corrected chi connectivity index (χ0v) is 38.6. The molecule has 0 aromatic carbocycles. The maximum Gasteiger partial charge on any atom is 0.481 e. The zero-order valence-electron chi connectivity index (χ0n) is 35.1. The molecule has 29 nitrogen and oxygen atoms in total. The van der Waals surface area contributed by atoms with Crippen LogP contribution in [0.5, 0.6) is 0 Å². The highest BCUT2D eigenvalue weighted by molar-refractivity contribution is 8.13. The SMILES string of the molecule is C[C@@H]1O[C@@H](O[C@H](C)[C@@H](O)CC(=O)SCCNC(=O)CCNC(=O)[C@H](O)C(C)(C)COP(=O)(O)OP(=O)(O)OC[C@H]2O[C@@H](n3cnc4c(N)ncnc43)[C@H](O)[C@@H]2OP(=O)(O)O)[C@H](O)C[C@H]1O. The van der Waals surface area contributed by atoms with E-state index in [1.165, 1.54) is 20.8 Å². The maximum atomic E-state index is 12.7. The molecule has 0 radical (unpaired) electrons. The second kappa shape index (κ2) is 23.1. The average molecular weight is 1010 g/mol. The first-order valence-electron chi connectivity index (χ1n) is 19.5. The Bertz CT molecular complexity index is 2100. The third kappa shape index (κ3) is 16.2. The molecular weight excluding hydrogens is 959 g/mol. The second-order valence-corrected chi connectivity index (χ2v) is 20.9. The Morgan fingerprint density at radius 3 is 2.35 bits per heavy atom. The molecule has 2 unspecified atom stereocenters. The number of phosphoric acid groups is 3. The number of ether oxygens (including phenoxy) is 3. The van der Waals surface area contributed by atoms with Gasteiger partial charge in [0, 0.05) is 43.5 Å². The van der Waals surface area contributed by atoms with Crippen LogP contribution in [-0.4, -0.2) is 175 Å². The summed E-state index contributed by atoms with van der Waals surface area (Å²) in [4.78, 5) is 88.3. The molecule has 370 valence electrons. The average Bonchev–Trinajstić information content (AvgIpc) is 3.76. The summed E-state index contributed by atoms with van der Waals surface area (Å²) in [7, 11) is -16.5. The molecule has 4 rings (SSSR count). The van der Waals surface area contributed by atoms with Gasteiger partial charge in [0.1, 0.15) is 42.4 Å². The predicted octanol–water partition coefficient (Wildman–Crippen LogP) is -2.32. The number of aliphatic hydroxyl groups excluding tert-OH is 5. The van der Waals surface area contributed by atoms with Crippen LogP contribution in [-0.2, 0) is 60.2 Å². The summed E-state index contributed by atoms with van der Waals surface area (Å²) < 4.78 is 73.2. The fraction of sp³-hybridized carbons (Fsp3) is 0.750. The van der Waals surface area contributed by atoms with Crippen molar-refractivity contribution in [3.63, 3.8) is 0 Å². The Morgan fingerprint density at radius 1 is 1.00 bits per heavy atom. The monoisotopic (exact) mass is 1010 g/mol. The van der Waals surface area contributed by atoms with Crippen molar-refractivity contribution in [1.82, 2.24) is 30.2 Å². The van der Waals surface area contributed by atoms with Gasteiger partial charge in [-0.05, 0) is 13.8 Å². The minimum atomic E-state index is -5.61. The topological polar surface area (TPSA) is 443 Å². The lowest BCUT2D eigenvalue weighted by Gasteiger charge is -2.37. The van der Waals surface area contributed by atoms with Gasteiger partial charge >= 0.3 is 23.5 Å². The van der Waals surface area contributed by atoms with Crippen molar-refractivity contribution in [2.24, 2.45) is 5.41 Å². The molecule has 13 N–H and O–H groups in total. The van der Waals surface area contributed by atoms with E-state index in [1.54, 1.807) is 6.92 Å². The molecule has 2 aromatic rings. The fourth-order valence-electron chi connectivity index (χ4n) is 6.06. The molecule has 4 heterocycles. The van der Waals surface area contributed by atoms with E-state index in [4.69, 9.17) is 29.0 Å². The van der Waals surface area contributed by atoms with E-state index in [0.29, 0.717) is 0 Å². The number of fused-ring (bicyclic) bond motifs is 1. The summed E-state index contributed by atoms with van der Waals surface area (Å²) in [5, 5.41) is 56.2. The number of hydrogen-bond acceptors (Lipinski definition) is 23. The minimum Gasteiger partial charge on any atom is -0.390 e. The van der Waals surface area contributed by atoms with E-state index in [1.807, 2.05) is 0 Å². The number of aliphatic hydroxyl groups is 5. The molecule has 0 spiro atoms. The van der Waals surface area contributed by atoms with E-state index >= 15 is 0 Å². The lowest BCUT2D eigenvalue weighted by molar-refractivity contribution is -0.280. The zero-order chi connectivity index (χ0) is 48.7. The van der Waals surface area contributed by atoms with Gasteiger partial charge in [-0.2, -0.15) is 4.31 Å². The number of carbonyl (C=O) groups is 3. The Morgan fingerprint density at radius 2 is 1.68 bits per heavy atom. The van der Waals surface area contributed by atoms with Crippen molar-refractivity contribution < 1.29 is 105 Å². The number of aromatic nitrogens is 4. The number of thioether (sulfide) groups is 1. The molecule has 0 aliphatic carbocycles. The first-order valence-corrected chi connectivity index (χ1v) is 25.0. The highest BCUT2D eigenvalue weighted by Gasteiger charge is 2.50. The highest BCUT2D eigenvalue weighted by Crippen LogP contribution is 2.61. The Kier molecular flexibility index (Phi) is 19.5. The van der Waals surface area contributed by atoms with Gasteiger partial charge in [0.25, 0.3) is 0 Å². The van der Waals surface area contributed by atoms with Gasteiger partial charge in [0.15, 0.2) is 29.1 Å². The normalized spacial score (nSPS) is 27.3. The summed E-state index contributed by atoms with van der Waals surface area (Å²) >= 11 is 0.834. The van der Waals surface area contributed by atoms with Crippen LogP contribution in [0.15, 0.2) is 12.7 Å². The number of rotatable bonds is 24. The van der Waals surface area contributed by atoms with E-state index in [2.05, 4.69) is 34.4 Å². The number of imidazole rings is 1. The van der Waals surface area contributed by atoms with Crippen molar-refractivity contribution in [3.8, 4) is 0 Å². The van der Waals surface area contributed by atoms with Crippen molar-refractivity contribution in [1.29, 1.82) is 0 Å². The van der Waals surface area contributed by atoms with Crippen LogP contribution in [0.2, 0.25) is 0 Å². The van der Waals surface area contributed by atoms with Crippen molar-refractivity contribution in [3.05, 3.63) is 12.7 Å². The number of carbonyl (C=O) groups excluding carboxylic acids is 3. The number of anilines is 1. The fourth-order valence-corrected chi connectivity index (χ4v) is 9.61. The Labute approximate surface area is 374 Å². The van der Waals surface area contributed by atoms with Gasteiger partial charge < -0.3 is 75.7 Å². The summed E-state index contributed by atoms with van der Waals surface area (Å²) in [5.74, 6) is -1.49. The quantitative estimate of drug-likeness (QED) is 0.0388. The highest BCUT2D eigenvalue weighted by atomic mass is 32.2. The number of nitrogens with zero attached hydrogens (tertiary/aromatic N) is 4. The van der Waals surface area contributed by atoms with Crippen LogP contribution in [0.3, 0.4) is 0 Å². The van der Waals surface area contributed by atoms with E-state index in [9.17, 15) is 73.2 Å². The number of nitrogen functional groups attached to an aromatic ring is 1. The van der Waals surface area contributed by atoms with Crippen LogP contribution >= 0.6 is 35.2 Å². The van der Waals surface area contributed by atoms with E-state index in [0.717, 1.165) is 29.0 Å². The van der Waals surface area contributed by atoms with Crippen molar-refractivity contribution >= 4 is 69.1 Å². The minimum absolute atomic E-state index is 0.0148. The van der Waals surface area contributed by atoms with Gasteiger partial charge in [-0.25, -0.2) is 28.6 Å². The van der Waals surface area contributed by atoms with E-state index in [-0.39, 0.29) is 55.1 Å². The number of amides is 2. The van der Waals surface area contributed by atoms with Gasteiger partial charge in [-0.15, -0.1) is 0 Å². The first kappa shape index (κ1) is 55.0. The van der Waals surface area contributed by atoms with Gasteiger partial charge in [-0.1, -0.05) is 25.6 Å². The first-order chi connectivity index (χ1) is 30.1. The standard InChI is InChI=1S/C32H54N7O22P3S/c1-15-17(40)9-19(42)31(57-15)58-16(2)18(41)10-22(44)65-8-7-34-21(43)5-6-35-29(47)26(46)32(3,4)12-56-64(53,54)61-63(51,52)55-11-20-25(60-62(48,49)50)24(45)30(59-20)39-14-38-23-27(33)36-13-37-28(23)39/h13-20,24-26,30-31,40-42,45-46H,5-12H2,1-4H3,(H,34,43)(H,35,47)(H,51,52)(H,53,54)(H2,33,36,37)(H2,48,49,50)/t15-,16+,17+,18-,19+,20+,24+,25+,26-,30+,31-/m0/s1.